The van der Waals surface area contributed by atoms with Crippen molar-refractivity contribution in [1.29, 1.82) is 0 Å². The molecule has 0 atom stereocenters. The van der Waals surface area contributed by atoms with Crippen LogP contribution in [0, 0.1) is 0 Å². The average molecular weight is 303 g/mol. The Kier molecular flexibility index (Phi) is 6.76. The molecule has 0 spiro atoms. The van der Waals surface area contributed by atoms with Gasteiger partial charge in [-0.2, -0.15) is 0 Å². The van der Waals surface area contributed by atoms with Gasteiger partial charge in [-0.25, -0.2) is 0 Å². The molecule has 1 rings (SSSR count). The van der Waals surface area contributed by atoms with Crippen molar-refractivity contribution in [3.8, 4) is 0 Å². The van der Waals surface area contributed by atoms with Crippen molar-refractivity contribution in [2.45, 2.75) is 45.1 Å². The van der Waals surface area contributed by atoms with Crippen LogP contribution in [0.15, 0.2) is 58.4 Å². The number of allylic oxidation sites excluding steroid dienone is 1. The van der Waals surface area contributed by atoms with Gasteiger partial charge in [-0.3, -0.25) is 4.79 Å². The van der Waals surface area contributed by atoms with E-state index in [1.165, 1.54) is 5.57 Å². The highest BCUT2D eigenvalue weighted by molar-refractivity contribution is 8.02. The van der Waals surface area contributed by atoms with Crippen LogP contribution in [-0.2, 0) is 4.79 Å². The highest BCUT2D eigenvalue weighted by Gasteiger charge is 2.23. The van der Waals surface area contributed by atoms with Gasteiger partial charge in [0.05, 0.1) is 0 Å². The number of benzene rings is 1. The minimum Gasteiger partial charge on any atom is -0.331 e. The third-order valence-electron chi connectivity index (χ3n) is 2.92. The molecule has 0 radical (unpaired) electrons. The second-order valence-electron chi connectivity index (χ2n) is 6.13. The topological polar surface area (TPSA) is 20.3 Å². The summed E-state index contributed by atoms with van der Waals surface area (Å²) in [7, 11) is 0. The average Bonchev–Trinajstić information content (AvgIpc) is 2.38. The summed E-state index contributed by atoms with van der Waals surface area (Å²) in [6.07, 6.45) is 3.74. The molecule has 1 amide bonds. The number of hydrogen-bond acceptors (Lipinski definition) is 2. The van der Waals surface area contributed by atoms with E-state index in [2.05, 4.69) is 26.8 Å². The van der Waals surface area contributed by atoms with Crippen molar-refractivity contribution in [1.82, 2.24) is 4.90 Å². The highest BCUT2D eigenvalue weighted by atomic mass is 32.2. The van der Waals surface area contributed by atoms with Crippen LogP contribution in [-0.4, -0.2) is 22.9 Å². The maximum atomic E-state index is 12.4. The zero-order valence-corrected chi connectivity index (χ0v) is 14.4. The summed E-state index contributed by atoms with van der Waals surface area (Å²) >= 11 is 1.56. The molecule has 0 heterocycles. The fourth-order valence-corrected chi connectivity index (χ4v) is 2.38. The summed E-state index contributed by atoms with van der Waals surface area (Å²) in [5.41, 5.74) is 1.03. The van der Waals surface area contributed by atoms with Crippen LogP contribution in [0.25, 0.3) is 0 Å². The Hall–Kier alpha value is -1.48. The third kappa shape index (κ3) is 6.67. The third-order valence-corrected chi connectivity index (χ3v) is 3.73. The lowest BCUT2D eigenvalue weighted by atomic mass is 10.1. The molecule has 0 aromatic heterocycles. The molecular weight excluding hydrogens is 278 g/mol. The van der Waals surface area contributed by atoms with E-state index in [1.807, 2.05) is 54.5 Å². The molecule has 0 saturated heterocycles. The van der Waals surface area contributed by atoms with Gasteiger partial charge in [-0.15, -0.1) is 0 Å². The maximum Gasteiger partial charge on any atom is 0.247 e. The molecule has 3 heteroatoms. The number of rotatable bonds is 5. The summed E-state index contributed by atoms with van der Waals surface area (Å²) < 4.78 is 0. The molecule has 2 nitrogen and oxygen atoms in total. The fourth-order valence-electron chi connectivity index (χ4n) is 1.73. The van der Waals surface area contributed by atoms with Crippen molar-refractivity contribution >= 4 is 17.7 Å². The van der Waals surface area contributed by atoms with Crippen LogP contribution < -0.4 is 0 Å². The molecule has 0 bridgehead atoms. The van der Waals surface area contributed by atoms with Gasteiger partial charge >= 0.3 is 0 Å². The molecule has 0 unspecified atom stereocenters. The first-order valence-corrected chi connectivity index (χ1v) is 8.02. The van der Waals surface area contributed by atoms with E-state index in [0.29, 0.717) is 6.54 Å². The summed E-state index contributed by atoms with van der Waals surface area (Å²) in [5, 5.41) is 1.86. The second kappa shape index (κ2) is 8.08. The van der Waals surface area contributed by atoms with Gasteiger partial charge in [0.2, 0.25) is 5.91 Å². The van der Waals surface area contributed by atoms with Crippen LogP contribution in [0.5, 0.6) is 0 Å². The number of hydrogen-bond donors (Lipinski definition) is 0. The van der Waals surface area contributed by atoms with E-state index in [0.717, 1.165) is 4.90 Å². The van der Waals surface area contributed by atoms with Crippen molar-refractivity contribution < 1.29 is 4.79 Å². The van der Waals surface area contributed by atoms with Crippen LogP contribution in [0.2, 0.25) is 0 Å². The van der Waals surface area contributed by atoms with Crippen LogP contribution in [0.3, 0.4) is 0 Å². The van der Waals surface area contributed by atoms with E-state index in [4.69, 9.17) is 0 Å². The van der Waals surface area contributed by atoms with E-state index in [1.54, 1.807) is 17.8 Å². The predicted molar refractivity (Wildman–Crippen MR) is 92.3 cm³/mol. The smallest absolute Gasteiger partial charge is 0.247 e. The van der Waals surface area contributed by atoms with Crippen molar-refractivity contribution in [3.63, 3.8) is 0 Å². The molecule has 1 aromatic carbocycles. The van der Waals surface area contributed by atoms with Gasteiger partial charge in [0, 0.05) is 23.1 Å². The van der Waals surface area contributed by atoms with Gasteiger partial charge < -0.3 is 4.90 Å². The van der Waals surface area contributed by atoms with Crippen LogP contribution >= 0.6 is 11.8 Å². The van der Waals surface area contributed by atoms with Crippen LogP contribution in [0.1, 0.15) is 34.6 Å². The zero-order chi connectivity index (χ0) is 15.9. The molecule has 0 aliphatic rings. The lowest BCUT2D eigenvalue weighted by Crippen LogP contribution is -2.45. The van der Waals surface area contributed by atoms with Gasteiger partial charge in [-0.1, -0.05) is 41.6 Å². The minimum absolute atomic E-state index is 0.0448. The fraction of sp³-hybridized carbons (Fsp3) is 0.389. The van der Waals surface area contributed by atoms with E-state index in [9.17, 15) is 4.79 Å². The van der Waals surface area contributed by atoms with E-state index in [-0.39, 0.29) is 11.4 Å². The Morgan fingerprint density at radius 2 is 1.81 bits per heavy atom. The number of amides is 1. The van der Waals surface area contributed by atoms with Gasteiger partial charge in [-0.05, 0) is 52.2 Å². The summed E-state index contributed by atoms with van der Waals surface area (Å²) in [6, 6.07) is 10.0. The number of carbonyl (C=O) groups excluding carboxylic acids is 1. The largest absolute Gasteiger partial charge is 0.331 e. The minimum atomic E-state index is -0.190. The molecule has 0 fully saturated rings. The van der Waals surface area contributed by atoms with Crippen molar-refractivity contribution in [2.75, 3.05) is 6.54 Å². The molecule has 114 valence electrons. The molecule has 0 saturated carbocycles. The Morgan fingerprint density at radius 3 is 2.33 bits per heavy atom. The quantitative estimate of drug-likeness (QED) is 0.439. The molecule has 0 N–H and O–H groups in total. The van der Waals surface area contributed by atoms with Crippen LogP contribution in [0.4, 0.5) is 0 Å². The second-order valence-corrected chi connectivity index (χ2v) is 7.11. The number of thioether (sulfide) groups is 1. The lowest BCUT2D eigenvalue weighted by Gasteiger charge is -2.34. The van der Waals surface area contributed by atoms with Gasteiger partial charge in [0.1, 0.15) is 0 Å². The predicted octanol–water partition coefficient (Wildman–Crippen LogP) is 4.89. The SMILES string of the molecule is CC(C)=CCN(C(=O)/C=C\Sc1ccccc1)C(C)(C)C. The zero-order valence-electron chi connectivity index (χ0n) is 13.6. The summed E-state index contributed by atoms with van der Waals surface area (Å²) in [6.45, 7) is 10.9. The lowest BCUT2D eigenvalue weighted by molar-refractivity contribution is -0.129. The standard InChI is InChI=1S/C18H25NOS/c1-15(2)11-13-19(18(3,4)5)17(20)12-14-21-16-9-7-6-8-10-16/h6-12,14H,13H2,1-5H3/b14-12-. The summed E-state index contributed by atoms with van der Waals surface area (Å²) in [4.78, 5) is 15.4. The highest BCUT2D eigenvalue weighted by Crippen LogP contribution is 2.19. The van der Waals surface area contributed by atoms with E-state index >= 15 is 0 Å². The first-order chi connectivity index (χ1) is 9.80. The first-order valence-electron chi connectivity index (χ1n) is 7.14. The summed E-state index contributed by atoms with van der Waals surface area (Å²) in [5.74, 6) is 0.0448. The Balaban J connectivity index is 2.70. The molecule has 21 heavy (non-hydrogen) atoms. The first kappa shape index (κ1) is 17.6. The molecular formula is C18H25NOS. The number of nitrogens with zero attached hydrogens (tertiary/aromatic N) is 1. The Bertz CT molecular complexity index is 508. The molecule has 1 aromatic rings. The van der Waals surface area contributed by atoms with Crippen molar-refractivity contribution in [3.05, 3.63) is 53.5 Å². The Morgan fingerprint density at radius 1 is 1.19 bits per heavy atom. The monoisotopic (exact) mass is 303 g/mol. The molecule has 0 aliphatic carbocycles. The Labute approximate surface area is 132 Å². The van der Waals surface area contributed by atoms with Gasteiger partial charge in [0.15, 0.2) is 0 Å². The van der Waals surface area contributed by atoms with Gasteiger partial charge in [0.25, 0.3) is 0 Å². The maximum absolute atomic E-state index is 12.4. The normalized spacial score (nSPS) is 11.5. The molecule has 0 aliphatic heterocycles. The number of carbonyl (C=O) groups is 1. The van der Waals surface area contributed by atoms with E-state index < -0.39 is 0 Å². The van der Waals surface area contributed by atoms with Crippen molar-refractivity contribution in [2.24, 2.45) is 0 Å².